The van der Waals surface area contributed by atoms with Crippen LogP contribution in [0.1, 0.15) is 53.9 Å². The van der Waals surface area contributed by atoms with E-state index in [1.807, 2.05) is 0 Å². The topological polar surface area (TPSA) is 41.6 Å². The molecule has 3 nitrogen and oxygen atoms in total. The predicted molar refractivity (Wildman–Crippen MR) is 68.1 cm³/mol. The summed E-state index contributed by atoms with van der Waals surface area (Å²) in [6.07, 6.45) is 3.70. The molecule has 0 aliphatic heterocycles. The summed E-state index contributed by atoms with van der Waals surface area (Å²) in [4.78, 5) is 6.59. The minimum Gasteiger partial charge on any atom is -0.370 e. The molecule has 15 heavy (non-hydrogen) atoms. The third-order valence-corrected chi connectivity index (χ3v) is 2.31. The Bertz CT molecular complexity index is 185. The molecule has 0 aromatic rings. The number of hydrogen-bond acceptors (Lipinski definition) is 1. The van der Waals surface area contributed by atoms with Crippen molar-refractivity contribution in [2.75, 3.05) is 6.54 Å². The lowest BCUT2D eigenvalue weighted by molar-refractivity contribution is 0.335. The van der Waals surface area contributed by atoms with E-state index in [4.69, 9.17) is 5.73 Å². The molecule has 0 aromatic heterocycles. The van der Waals surface area contributed by atoms with Crippen LogP contribution in [0.25, 0.3) is 0 Å². The van der Waals surface area contributed by atoms with Crippen molar-refractivity contribution in [2.24, 2.45) is 10.7 Å². The summed E-state index contributed by atoms with van der Waals surface area (Å²) in [7, 11) is 0. The second kappa shape index (κ2) is 7.55. The Labute approximate surface area is 94.7 Å². The van der Waals surface area contributed by atoms with Crippen LogP contribution in [0.15, 0.2) is 4.99 Å². The first kappa shape index (κ1) is 14.3. The Balaban J connectivity index is 4.25. The van der Waals surface area contributed by atoms with E-state index in [2.05, 4.69) is 44.5 Å². The molecule has 0 heterocycles. The zero-order valence-electron chi connectivity index (χ0n) is 11.0. The molecule has 0 amide bonds. The minimum atomic E-state index is 0.275. The smallest absolute Gasteiger partial charge is 0.191 e. The van der Waals surface area contributed by atoms with Gasteiger partial charge in [-0.05, 0) is 34.1 Å². The lowest BCUT2D eigenvalue weighted by Gasteiger charge is -2.28. The standard InChI is InChI=1S/C12H27N3/c1-6-7-8-9-15(11(4)5)12(13)14-10(2)3/h10-11H,6-9H2,1-5H3,(H2,13,14). The highest BCUT2D eigenvalue weighted by molar-refractivity contribution is 5.78. The van der Waals surface area contributed by atoms with E-state index in [1.54, 1.807) is 0 Å². The largest absolute Gasteiger partial charge is 0.370 e. The zero-order chi connectivity index (χ0) is 11.8. The molecule has 0 atom stereocenters. The van der Waals surface area contributed by atoms with Crippen molar-refractivity contribution >= 4 is 5.96 Å². The predicted octanol–water partition coefficient (Wildman–Crippen LogP) is 2.61. The van der Waals surface area contributed by atoms with Gasteiger partial charge < -0.3 is 10.6 Å². The summed E-state index contributed by atoms with van der Waals surface area (Å²) in [5, 5.41) is 0. The molecule has 0 fully saturated rings. The maximum atomic E-state index is 5.98. The summed E-state index contributed by atoms with van der Waals surface area (Å²) in [5.74, 6) is 0.691. The highest BCUT2D eigenvalue weighted by Gasteiger charge is 2.11. The Kier molecular flexibility index (Phi) is 7.18. The Hall–Kier alpha value is -0.730. The fourth-order valence-electron chi connectivity index (χ4n) is 1.51. The first-order chi connectivity index (χ1) is 6.99. The van der Waals surface area contributed by atoms with Crippen LogP contribution in [0.2, 0.25) is 0 Å². The van der Waals surface area contributed by atoms with Gasteiger partial charge in [-0.3, -0.25) is 4.99 Å². The quantitative estimate of drug-likeness (QED) is 0.418. The molecule has 0 unspecified atom stereocenters. The molecule has 3 heteroatoms. The van der Waals surface area contributed by atoms with Gasteiger partial charge in [0.2, 0.25) is 0 Å². The summed E-state index contributed by atoms with van der Waals surface area (Å²) in [6, 6.07) is 0.710. The Morgan fingerprint density at radius 1 is 1.20 bits per heavy atom. The Morgan fingerprint density at radius 3 is 2.20 bits per heavy atom. The third-order valence-electron chi connectivity index (χ3n) is 2.31. The number of hydrogen-bond donors (Lipinski definition) is 1. The molecule has 0 bridgehead atoms. The van der Waals surface area contributed by atoms with Crippen molar-refractivity contribution < 1.29 is 0 Å². The summed E-state index contributed by atoms with van der Waals surface area (Å²) >= 11 is 0. The first-order valence-corrected chi connectivity index (χ1v) is 6.09. The second-order valence-corrected chi connectivity index (χ2v) is 4.58. The van der Waals surface area contributed by atoms with Gasteiger partial charge in [0.25, 0.3) is 0 Å². The van der Waals surface area contributed by atoms with Crippen molar-refractivity contribution in [2.45, 2.75) is 66.0 Å². The van der Waals surface area contributed by atoms with Gasteiger partial charge in [0, 0.05) is 18.6 Å². The van der Waals surface area contributed by atoms with Crippen LogP contribution in [0, 0.1) is 0 Å². The number of rotatable bonds is 6. The zero-order valence-corrected chi connectivity index (χ0v) is 11.0. The SMILES string of the molecule is CCCCCN(C(N)=NC(C)C)C(C)C. The maximum Gasteiger partial charge on any atom is 0.191 e. The lowest BCUT2D eigenvalue weighted by atomic mass is 10.2. The molecular weight excluding hydrogens is 186 g/mol. The normalized spacial score (nSPS) is 12.6. The lowest BCUT2D eigenvalue weighted by Crippen LogP contribution is -2.43. The van der Waals surface area contributed by atoms with Crippen LogP contribution >= 0.6 is 0 Å². The van der Waals surface area contributed by atoms with Gasteiger partial charge in [0.05, 0.1) is 0 Å². The van der Waals surface area contributed by atoms with Crippen LogP contribution in [0.5, 0.6) is 0 Å². The maximum absolute atomic E-state index is 5.98. The summed E-state index contributed by atoms with van der Waals surface area (Å²) < 4.78 is 0. The molecule has 0 aromatic carbocycles. The Morgan fingerprint density at radius 2 is 1.80 bits per heavy atom. The van der Waals surface area contributed by atoms with Gasteiger partial charge in [-0.25, -0.2) is 0 Å². The minimum absolute atomic E-state index is 0.275. The van der Waals surface area contributed by atoms with Gasteiger partial charge in [0.15, 0.2) is 5.96 Å². The molecule has 0 spiro atoms. The highest BCUT2D eigenvalue weighted by Crippen LogP contribution is 2.04. The van der Waals surface area contributed by atoms with Crippen LogP contribution < -0.4 is 5.73 Å². The number of unbranched alkanes of at least 4 members (excludes halogenated alkanes) is 2. The molecule has 0 aliphatic rings. The van der Waals surface area contributed by atoms with Crippen LogP contribution in [0.4, 0.5) is 0 Å². The first-order valence-electron chi connectivity index (χ1n) is 6.09. The molecule has 2 N–H and O–H groups in total. The fourth-order valence-corrected chi connectivity index (χ4v) is 1.51. The highest BCUT2D eigenvalue weighted by atomic mass is 15.3. The van der Waals surface area contributed by atoms with E-state index in [0.29, 0.717) is 12.0 Å². The van der Waals surface area contributed by atoms with Gasteiger partial charge in [0.1, 0.15) is 0 Å². The fraction of sp³-hybridized carbons (Fsp3) is 0.917. The molecule has 0 rings (SSSR count). The van der Waals surface area contributed by atoms with Gasteiger partial charge in [-0.2, -0.15) is 0 Å². The number of aliphatic imine (C=N–C) groups is 1. The molecular formula is C12H27N3. The van der Waals surface area contributed by atoms with E-state index >= 15 is 0 Å². The van der Waals surface area contributed by atoms with E-state index in [-0.39, 0.29) is 6.04 Å². The van der Waals surface area contributed by atoms with E-state index in [9.17, 15) is 0 Å². The molecule has 0 saturated heterocycles. The second-order valence-electron chi connectivity index (χ2n) is 4.58. The van der Waals surface area contributed by atoms with Crippen LogP contribution in [0.3, 0.4) is 0 Å². The van der Waals surface area contributed by atoms with E-state index < -0.39 is 0 Å². The van der Waals surface area contributed by atoms with Gasteiger partial charge in [-0.1, -0.05) is 19.8 Å². The van der Waals surface area contributed by atoms with Crippen molar-refractivity contribution in [3.8, 4) is 0 Å². The number of guanidine groups is 1. The molecule has 90 valence electrons. The van der Waals surface area contributed by atoms with E-state index in [0.717, 1.165) is 6.54 Å². The van der Waals surface area contributed by atoms with Gasteiger partial charge >= 0.3 is 0 Å². The van der Waals surface area contributed by atoms with Crippen LogP contribution in [-0.2, 0) is 0 Å². The molecule has 0 aliphatic carbocycles. The van der Waals surface area contributed by atoms with Crippen molar-refractivity contribution in [1.29, 1.82) is 0 Å². The van der Waals surface area contributed by atoms with Crippen LogP contribution in [-0.4, -0.2) is 29.5 Å². The molecule has 0 saturated carbocycles. The van der Waals surface area contributed by atoms with E-state index in [1.165, 1.54) is 19.3 Å². The average Bonchev–Trinajstić information content (AvgIpc) is 2.10. The summed E-state index contributed by atoms with van der Waals surface area (Å²) in [6.45, 7) is 11.7. The van der Waals surface area contributed by atoms with Gasteiger partial charge in [-0.15, -0.1) is 0 Å². The van der Waals surface area contributed by atoms with Crippen molar-refractivity contribution in [1.82, 2.24) is 4.90 Å². The average molecular weight is 213 g/mol. The van der Waals surface area contributed by atoms with Crippen molar-refractivity contribution in [3.63, 3.8) is 0 Å². The number of nitrogens with two attached hydrogens (primary N) is 1. The number of nitrogens with zero attached hydrogens (tertiary/aromatic N) is 2. The monoisotopic (exact) mass is 213 g/mol. The molecule has 0 radical (unpaired) electrons. The van der Waals surface area contributed by atoms with Crippen molar-refractivity contribution in [3.05, 3.63) is 0 Å². The third kappa shape index (κ3) is 6.37. The summed E-state index contributed by atoms with van der Waals surface area (Å²) in [5.41, 5.74) is 5.98.